The molecule has 0 unspecified atom stereocenters. The van der Waals surface area contributed by atoms with E-state index in [0.29, 0.717) is 0 Å². The number of hydrogen-bond donors (Lipinski definition) is 1. The van der Waals surface area contributed by atoms with Crippen molar-refractivity contribution in [1.29, 1.82) is 0 Å². The molecule has 13 rings (SSSR count). The molecule has 70 heavy (non-hydrogen) atoms. The Morgan fingerprint density at radius 3 is 1.80 bits per heavy atom. The van der Waals surface area contributed by atoms with Gasteiger partial charge in [-0.05, 0) is 191 Å². The number of thiophene rings is 1. The third kappa shape index (κ3) is 6.72. The topological polar surface area (TPSA) is 15.3 Å². The van der Waals surface area contributed by atoms with Gasteiger partial charge in [0, 0.05) is 44.8 Å². The highest BCUT2D eigenvalue weighted by molar-refractivity contribution is 7.29. The minimum atomic E-state index is 0.0528. The number of aryl methyl sites for hydroxylation is 1. The van der Waals surface area contributed by atoms with E-state index in [1.807, 2.05) is 11.3 Å². The van der Waals surface area contributed by atoms with Crippen LogP contribution in [0, 0.1) is 6.92 Å². The van der Waals surface area contributed by atoms with Gasteiger partial charge in [0.05, 0.1) is 5.69 Å². The maximum Gasteiger partial charge on any atom is 0.211 e. The van der Waals surface area contributed by atoms with Crippen LogP contribution in [-0.2, 0) is 28.1 Å². The van der Waals surface area contributed by atoms with Crippen molar-refractivity contribution in [1.82, 2.24) is 0 Å². The number of hydrogen-bond acceptors (Lipinski definition) is 3. The summed E-state index contributed by atoms with van der Waals surface area (Å²) in [6.45, 7) is 22.2. The molecule has 4 heteroatoms. The highest BCUT2D eigenvalue weighted by atomic mass is 32.1. The summed E-state index contributed by atoms with van der Waals surface area (Å²) < 4.78 is 2.72. The molecule has 2 heterocycles. The maximum absolute atomic E-state index is 4.00. The number of nitrogens with one attached hydrogen (secondary N) is 1. The van der Waals surface area contributed by atoms with Crippen molar-refractivity contribution in [2.24, 2.45) is 0 Å². The molecule has 0 fully saturated rings. The Morgan fingerprint density at radius 2 is 1.10 bits per heavy atom. The van der Waals surface area contributed by atoms with E-state index in [-0.39, 0.29) is 21.7 Å². The van der Waals surface area contributed by atoms with Crippen molar-refractivity contribution in [3.63, 3.8) is 0 Å². The standard InChI is InChI=1S/C66H62BN2S/c1-39-31-52-54(65(6,7)29-27-63(52,2)3)37-57(39)69-60-50-33-44-21-15-16-22-46(44)47(50)35-49(59(60)67-62-61(69)51-36-53-55(38-58(51)70-62)66(8,9)30-28-64(53,4)5)48-32-42-19-13-14-20-43(42)34-56(48)68-45-25-23-41(24-26-45)40-17-11-10-12-18-40/h10-26,31-32,34-38,68H,27-30,33H2,1-9H3. The largest absolute Gasteiger partial charge is 0.355 e. The molecule has 8 aromatic carbocycles. The predicted molar refractivity (Wildman–Crippen MR) is 303 cm³/mol. The average Bonchev–Trinajstić information content (AvgIpc) is 3.91. The molecule has 2 nitrogen and oxygen atoms in total. The highest BCUT2D eigenvalue weighted by Crippen LogP contribution is 2.56. The SMILES string of the molecule is Cc1cc2c(cc1N1c3c(c(-c4cc5ccccc5cc4Nc4ccc(-c5ccccc5)cc4)cc4c3Cc3ccccc3-4)[B]c3sc4cc5c(cc4c31)C(C)(C)CCC5(C)C)C(C)(C)CCC2(C)C. The Balaban J connectivity index is 1.11. The zero-order valence-corrected chi connectivity index (χ0v) is 43.1. The monoisotopic (exact) mass is 925 g/mol. The van der Waals surface area contributed by atoms with Gasteiger partial charge in [-0.3, -0.25) is 0 Å². The Bertz CT molecular complexity index is 3640. The maximum atomic E-state index is 4.00. The first-order chi connectivity index (χ1) is 33.5. The molecule has 4 aliphatic rings. The second-order valence-electron chi connectivity index (χ2n) is 23.8. The van der Waals surface area contributed by atoms with Crippen molar-refractivity contribution in [3.8, 4) is 33.4 Å². The van der Waals surface area contributed by atoms with Crippen LogP contribution in [0.15, 0.2) is 146 Å². The summed E-state index contributed by atoms with van der Waals surface area (Å²) in [6.07, 6.45) is 5.64. The first-order valence-electron chi connectivity index (χ1n) is 25.7. The van der Waals surface area contributed by atoms with Gasteiger partial charge < -0.3 is 10.2 Å². The van der Waals surface area contributed by atoms with Crippen LogP contribution in [0.5, 0.6) is 0 Å². The molecule has 3 aliphatic carbocycles. The number of fused-ring (bicyclic) bond motifs is 11. The third-order valence-electron chi connectivity index (χ3n) is 17.4. The van der Waals surface area contributed by atoms with Crippen molar-refractivity contribution in [2.75, 3.05) is 10.2 Å². The van der Waals surface area contributed by atoms with Crippen LogP contribution in [0.25, 0.3) is 54.2 Å². The van der Waals surface area contributed by atoms with E-state index in [9.17, 15) is 0 Å². The lowest BCUT2D eigenvalue weighted by Gasteiger charge is -2.44. The molecule has 9 aromatic rings. The molecular weight excluding hydrogens is 864 g/mol. The lowest BCUT2D eigenvalue weighted by Crippen LogP contribution is -2.41. The molecule has 0 saturated heterocycles. The summed E-state index contributed by atoms with van der Waals surface area (Å²) in [4.78, 5) is 2.79. The van der Waals surface area contributed by atoms with Crippen LogP contribution in [0.3, 0.4) is 0 Å². The molecule has 0 amide bonds. The van der Waals surface area contributed by atoms with E-state index in [0.717, 1.165) is 17.8 Å². The third-order valence-corrected chi connectivity index (χ3v) is 18.4. The molecule has 0 saturated carbocycles. The van der Waals surface area contributed by atoms with Crippen LogP contribution in [0.1, 0.15) is 120 Å². The van der Waals surface area contributed by atoms with Crippen LogP contribution >= 0.6 is 11.3 Å². The quantitative estimate of drug-likeness (QED) is 0.173. The Morgan fingerprint density at radius 1 is 0.514 bits per heavy atom. The first-order valence-corrected chi connectivity index (χ1v) is 26.5. The van der Waals surface area contributed by atoms with Crippen LogP contribution in [0.4, 0.5) is 28.4 Å². The minimum Gasteiger partial charge on any atom is -0.355 e. The normalized spacial score (nSPS) is 17.5. The number of nitrogens with zero attached hydrogens (tertiary/aromatic N) is 1. The second kappa shape index (κ2) is 15.3. The zero-order valence-electron chi connectivity index (χ0n) is 42.3. The Labute approximate surface area is 420 Å². The van der Waals surface area contributed by atoms with Crippen molar-refractivity contribution < 1.29 is 0 Å². The summed E-state index contributed by atoms with van der Waals surface area (Å²) in [6, 6.07) is 55.5. The van der Waals surface area contributed by atoms with Crippen LogP contribution in [-0.4, -0.2) is 7.28 Å². The average molecular weight is 926 g/mol. The van der Waals surface area contributed by atoms with Gasteiger partial charge in [0.2, 0.25) is 7.28 Å². The minimum absolute atomic E-state index is 0.0528. The molecular formula is C66H62BN2S. The summed E-state index contributed by atoms with van der Waals surface area (Å²) in [5, 5.41) is 7.83. The van der Waals surface area contributed by atoms with Gasteiger partial charge in [0.25, 0.3) is 0 Å². The van der Waals surface area contributed by atoms with Gasteiger partial charge in [-0.2, -0.15) is 0 Å². The summed E-state index contributed by atoms with van der Waals surface area (Å²) in [5.74, 6) is 0. The highest BCUT2D eigenvalue weighted by Gasteiger charge is 2.43. The van der Waals surface area contributed by atoms with Crippen LogP contribution in [0.2, 0.25) is 0 Å². The van der Waals surface area contributed by atoms with Crippen molar-refractivity contribution in [3.05, 3.63) is 185 Å². The zero-order chi connectivity index (χ0) is 48.1. The molecule has 0 spiro atoms. The summed E-state index contributed by atoms with van der Waals surface area (Å²) >= 11 is 1.99. The summed E-state index contributed by atoms with van der Waals surface area (Å²) in [5.41, 5.74) is 25.6. The van der Waals surface area contributed by atoms with Gasteiger partial charge in [0.15, 0.2) is 0 Å². The van der Waals surface area contributed by atoms with Gasteiger partial charge >= 0.3 is 0 Å². The van der Waals surface area contributed by atoms with Crippen molar-refractivity contribution >= 4 is 78.2 Å². The van der Waals surface area contributed by atoms with E-state index in [1.165, 1.54) is 146 Å². The Hall–Kier alpha value is -6.36. The number of rotatable bonds is 5. The van der Waals surface area contributed by atoms with Crippen LogP contribution < -0.4 is 20.5 Å². The second-order valence-corrected chi connectivity index (χ2v) is 24.9. The lowest BCUT2D eigenvalue weighted by molar-refractivity contribution is 0.332. The molecule has 345 valence electrons. The van der Waals surface area contributed by atoms with E-state index in [1.54, 1.807) is 0 Å². The summed E-state index contributed by atoms with van der Waals surface area (Å²) in [7, 11) is 2.59. The van der Waals surface area contributed by atoms with E-state index in [4.69, 9.17) is 0 Å². The molecule has 1 radical (unpaired) electrons. The van der Waals surface area contributed by atoms with Gasteiger partial charge in [-0.15, -0.1) is 11.3 Å². The smallest absolute Gasteiger partial charge is 0.211 e. The number of anilines is 5. The molecule has 1 N–H and O–H groups in total. The predicted octanol–water partition coefficient (Wildman–Crippen LogP) is 17.1. The van der Waals surface area contributed by atoms with E-state index >= 15 is 0 Å². The van der Waals surface area contributed by atoms with E-state index in [2.05, 4.69) is 225 Å². The lowest BCUT2D eigenvalue weighted by atomic mass is 9.60. The first kappa shape index (κ1) is 43.6. The molecule has 0 atom stereocenters. The van der Waals surface area contributed by atoms with Gasteiger partial charge in [-0.25, -0.2) is 0 Å². The Kier molecular flexibility index (Phi) is 9.55. The fourth-order valence-electron chi connectivity index (χ4n) is 12.9. The molecule has 1 aromatic heterocycles. The van der Waals surface area contributed by atoms with E-state index < -0.39 is 0 Å². The van der Waals surface area contributed by atoms with Crippen molar-refractivity contribution in [2.45, 2.75) is 116 Å². The fraction of sp³-hybridized carbons (Fsp3) is 0.273. The fourth-order valence-corrected chi connectivity index (χ4v) is 14.1. The number of benzene rings is 8. The molecule has 1 aliphatic heterocycles. The van der Waals surface area contributed by atoms with Gasteiger partial charge in [-0.1, -0.05) is 152 Å². The van der Waals surface area contributed by atoms with Gasteiger partial charge in [0.1, 0.15) is 0 Å². The molecule has 0 bridgehead atoms.